The number of nitrogens with zero attached hydrogens (tertiary/aromatic N) is 2. The first-order valence-corrected chi connectivity index (χ1v) is 11.0. The monoisotopic (exact) mass is 466 g/mol. The van der Waals surface area contributed by atoms with E-state index in [4.69, 9.17) is 25.2 Å². The normalized spacial score (nSPS) is 25.6. The molecular weight excluding hydrogens is 420 g/mol. The van der Waals surface area contributed by atoms with E-state index < -0.39 is 0 Å². The van der Waals surface area contributed by atoms with Crippen LogP contribution in [0.2, 0.25) is 0 Å². The molecule has 0 aromatic rings. The van der Waals surface area contributed by atoms with Gasteiger partial charge in [-0.05, 0) is 41.5 Å². The van der Waals surface area contributed by atoms with Gasteiger partial charge in [-0.25, -0.2) is 5.84 Å². The smallest absolute Gasteiger partial charge is 0.320 e. The Morgan fingerprint density at radius 1 is 0.906 bits per heavy atom. The van der Waals surface area contributed by atoms with Crippen LogP contribution in [0.15, 0.2) is 0 Å². The predicted molar refractivity (Wildman–Crippen MR) is 123 cm³/mol. The van der Waals surface area contributed by atoms with Gasteiger partial charge < -0.3 is 19.3 Å². The van der Waals surface area contributed by atoms with Crippen molar-refractivity contribution in [3.8, 4) is 0 Å². The number of nitrogens with one attached hydrogen (secondary N) is 1. The average molecular weight is 467 g/mol. The van der Waals surface area contributed by atoms with Gasteiger partial charge in [0, 0.05) is 30.8 Å². The number of carbonyl (C=O) groups is 2. The second-order valence-electron chi connectivity index (χ2n) is 7.50. The quantitative estimate of drug-likeness (QED) is 0.139. The van der Waals surface area contributed by atoms with Crippen LogP contribution in [0.25, 0.3) is 0 Å². The fourth-order valence-corrected chi connectivity index (χ4v) is 3.26. The number of hydrazine groups is 2. The highest BCUT2D eigenvalue weighted by Crippen LogP contribution is 2.13. The number of rotatable bonds is 5. The molecule has 2 saturated heterocycles. The van der Waals surface area contributed by atoms with Crippen LogP contribution in [0, 0.1) is 0 Å². The molecule has 2 heterocycles. The van der Waals surface area contributed by atoms with E-state index in [1.165, 1.54) is 0 Å². The molecule has 0 aromatic heterocycles. The number of hydrogen-bond donors (Lipinski definition) is 5. The SMILES string of the molecule is CC1COCC(C)N1CC(=O)NN.CCO.CCOC(=O)CN1C(C)COCC1C.NN. The lowest BCUT2D eigenvalue weighted by Crippen LogP contribution is -2.53. The third-order valence-electron chi connectivity index (χ3n) is 4.80. The Morgan fingerprint density at radius 3 is 1.56 bits per heavy atom. The molecule has 0 bridgehead atoms. The summed E-state index contributed by atoms with van der Waals surface area (Å²) < 4.78 is 15.6. The van der Waals surface area contributed by atoms with Crippen LogP contribution in [0.4, 0.5) is 0 Å². The highest BCUT2D eigenvalue weighted by Gasteiger charge is 2.27. The third kappa shape index (κ3) is 13.9. The molecule has 0 radical (unpaired) electrons. The Bertz CT molecular complexity index is 467. The molecule has 1 amide bonds. The van der Waals surface area contributed by atoms with E-state index in [-0.39, 0.29) is 30.6 Å². The number of hydrogen-bond acceptors (Lipinski definition) is 11. The van der Waals surface area contributed by atoms with Crippen molar-refractivity contribution in [1.82, 2.24) is 15.2 Å². The van der Waals surface area contributed by atoms with Gasteiger partial charge in [0.05, 0.1) is 46.1 Å². The van der Waals surface area contributed by atoms with E-state index in [0.29, 0.717) is 58.2 Å². The summed E-state index contributed by atoms with van der Waals surface area (Å²) >= 11 is 0. The zero-order valence-electron chi connectivity index (χ0n) is 20.6. The summed E-state index contributed by atoms with van der Waals surface area (Å²) in [4.78, 5) is 26.6. The number of aliphatic hydroxyl groups is 1. The lowest BCUT2D eigenvalue weighted by molar-refractivity contribution is -0.148. The molecule has 2 fully saturated rings. The van der Waals surface area contributed by atoms with Gasteiger partial charge >= 0.3 is 5.97 Å². The number of esters is 1. The van der Waals surface area contributed by atoms with Crippen molar-refractivity contribution < 1.29 is 28.9 Å². The lowest BCUT2D eigenvalue weighted by atomic mass is 10.2. The van der Waals surface area contributed by atoms with Crippen molar-refractivity contribution in [2.75, 3.05) is 52.7 Å². The van der Waals surface area contributed by atoms with E-state index in [1.54, 1.807) is 6.92 Å². The van der Waals surface area contributed by atoms with Crippen LogP contribution in [-0.4, -0.2) is 104 Å². The van der Waals surface area contributed by atoms with Gasteiger partial charge in [0.1, 0.15) is 0 Å². The van der Waals surface area contributed by atoms with Crippen LogP contribution < -0.4 is 23.0 Å². The fourth-order valence-electron chi connectivity index (χ4n) is 3.26. The minimum Gasteiger partial charge on any atom is -0.465 e. The molecule has 192 valence electrons. The summed E-state index contributed by atoms with van der Waals surface area (Å²) in [5, 5.41) is 7.57. The molecule has 2 rings (SSSR count). The summed E-state index contributed by atoms with van der Waals surface area (Å²) in [7, 11) is 0. The molecule has 12 nitrogen and oxygen atoms in total. The number of aliphatic hydroxyl groups excluding tert-OH is 1. The van der Waals surface area contributed by atoms with Gasteiger partial charge in [0.15, 0.2) is 0 Å². The number of carbonyl (C=O) groups excluding carboxylic acids is 2. The van der Waals surface area contributed by atoms with Crippen LogP contribution in [0.3, 0.4) is 0 Å². The predicted octanol–water partition coefficient (Wildman–Crippen LogP) is -1.44. The van der Waals surface area contributed by atoms with E-state index in [2.05, 4.69) is 40.8 Å². The minimum absolute atomic E-state index is 0.145. The molecule has 0 spiro atoms. The molecule has 32 heavy (non-hydrogen) atoms. The van der Waals surface area contributed by atoms with Crippen LogP contribution in [0.5, 0.6) is 0 Å². The highest BCUT2D eigenvalue weighted by atomic mass is 16.5. The Kier molecular flexibility index (Phi) is 20.7. The first kappa shape index (κ1) is 32.8. The summed E-state index contributed by atoms with van der Waals surface area (Å²) in [6.45, 7) is 15.9. The summed E-state index contributed by atoms with van der Waals surface area (Å²) in [5.41, 5.74) is 2.13. The molecule has 2 aliphatic heterocycles. The zero-order valence-corrected chi connectivity index (χ0v) is 20.6. The number of nitrogens with two attached hydrogens (primary N) is 3. The van der Waals surface area contributed by atoms with Crippen LogP contribution in [-0.2, 0) is 23.8 Å². The molecule has 4 unspecified atom stereocenters. The maximum Gasteiger partial charge on any atom is 0.320 e. The van der Waals surface area contributed by atoms with E-state index in [0.717, 1.165) is 0 Å². The van der Waals surface area contributed by atoms with Crippen molar-refractivity contribution in [3.05, 3.63) is 0 Å². The molecule has 8 N–H and O–H groups in total. The molecule has 0 aliphatic carbocycles. The van der Waals surface area contributed by atoms with Gasteiger partial charge in [0.25, 0.3) is 0 Å². The van der Waals surface area contributed by atoms with E-state index in [9.17, 15) is 9.59 Å². The molecule has 0 aromatic carbocycles. The van der Waals surface area contributed by atoms with Gasteiger partial charge in [0.2, 0.25) is 5.91 Å². The molecule has 0 saturated carbocycles. The molecule has 4 atom stereocenters. The second kappa shape index (κ2) is 20.2. The first-order chi connectivity index (χ1) is 15.2. The Balaban J connectivity index is 0. The van der Waals surface area contributed by atoms with Crippen molar-refractivity contribution in [2.24, 2.45) is 17.5 Å². The highest BCUT2D eigenvalue weighted by molar-refractivity contribution is 5.77. The average Bonchev–Trinajstić information content (AvgIpc) is 2.76. The summed E-state index contributed by atoms with van der Waals surface area (Å²) in [6.07, 6.45) is 0. The van der Waals surface area contributed by atoms with E-state index in [1.807, 2.05) is 20.8 Å². The number of morpholine rings is 2. The fraction of sp³-hybridized carbons (Fsp3) is 0.900. The third-order valence-corrected chi connectivity index (χ3v) is 4.80. The number of amides is 1. The zero-order chi connectivity index (χ0) is 25.1. The Labute approximate surface area is 192 Å². The van der Waals surface area contributed by atoms with Gasteiger partial charge in [-0.2, -0.15) is 0 Å². The maximum absolute atomic E-state index is 11.3. The molecule has 2 aliphatic rings. The standard InChI is InChI=1S/C10H19NO3.C8H17N3O2.C2H6O.H4N2/c1-4-14-10(12)5-11-8(2)6-13-7-9(11)3;1-6-4-13-5-7(2)11(6)3-8(12)10-9;1-2-3;1-2/h8-9H,4-7H2,1-3H3;6-7H,3-5,9H2,1-2H3,(H,10,12);3H,2H2,1H3;1-2H2. The Hall–Kier alpha value is -1.38. The van der Waals surface area contributed by atoms with Gasteiger partial charge in [-0.1, -0.05) is 0 Å². The van der Waals surface area contributed by atoms with Crippen molar-refractivity contribution in [2.45, 2.75) is 65.7 Å². The Morgan fingerprint density at radius 2 is 1.25 bits per heavy atom. The molecular formula is C20H46N6O6. The van der Waals surface area contributed by atoms with Crippen LogP contribution in [0.1, 0.15) is 41.5 Å². The van der Waals surface area contributed by atoms with Crippen molar-refractivity contribution >= 4 is 11.9 Å². The van der Waals surface area contributed by atoms with Crippen molar-refractivity contribution in [1.29, 1.82) is 0 Å². The largest absolute Gasteiger partial charge is 0.465 e. The summed E-state index contributed by atoms with van der Waals surface area (Å²) in [5.74, 6) is 12.7. The maximum atomic E-state index is 11.3. The molecule has 12 heteroatoms. The number of ether oxygens (including phenoxy) is 3. The second-order valence-corrected chi connectivity index (χ2v) is 7.50. The van der Waals surface area contributed by atoms with Crippen molar-refractivity contribution in [3.63, 3.8) is 0 Å². The van der Waals surface area contributed by atoms with E-state index >= 15 is 0 Å². The van der Waals surface area contributed by atoms with Gasteiger partial charge in [-0.15, -0.1) is 0 Å². The minimum atomic E-state index is -0.152. The summed E-state index contributed by atoms with van der Waals surface area (Å²) in [6, 6.07) is 1.15. The van der Waals surface area contributed by atoms with Crippen LogP contribution >= 0.6 is 0 Å². The van der Waals surface area contributed by atoms with Gasteiger partial charge in [-0.3, -0.25) is 36.5 Å². The topological polar surface area (TPSA) is 179 Å². The lowest BCUT2D eigenvalue weighted by Gasteiger charge is -2.37. The first-order valence-electron chi connectivity index (χ1n) is 11.0.